The van der Waals surface area contributed by atoms with Crippen LogP contribution in [0.2, 0.25) is 0 Å². The summed E-state index contributed by atoms with van der Waals surface area (Å²) in [6.07, 6.45) is 0.937. The van der Waals surface area contributed by atoms with E-state index in [4.69, 9.17) is 9.47 Å². The average Bonchev–Trinajstić information content (AvgIpc) is 2.67. The molecule has 2 rings (SSSR count). The monoisotopic (exact) mass is 405 g/mol. The fourth-order valence-electron chi connectivity index (χ4n) is 3.10. The summed E-state index contributed by atoms with van der Waals surface area (Å²) in [5.41, 5.74) is 0.658. The van der Waals surface area contributed by atoms with Gasteiger partial charge in [0, 0.05) is 45.7 Å². The van der Waals surface area contributed by atoms with Crippen molar-refractivity contribution in [3.8, 4) is 5.75 Å². The van der Waals surface area contributed by atoms with E-state index < -0.39 is 5.60 Å². The van der Waals surface area contributed by atoms with E-state index in [2.05, 4.69) is 10.2 Å². The second-order valence-electron chi connectivity index (χ2n) is 8.24. The van der Waals surface area contributed by atoms with E-state index in [-0.39, 0.29) is 12.0 Å². The van der Waals surface area contributed by atoms with Gasteiger partial charge in [-0.2, -0.15) is 0 Å². The summed E-state index contributed by atoms with van der Waals surface area (Å²) in [5.74, 6) is 0.916. The van der Waals surface area contributed by atoms with E-state index in [1.807, 2.05) is 52.0 Å². The molecule has 0 unspecified atom stereocenters. The highest BCUT2D eigenvalue weighted by molar-refractivity contribution is 5.76. The third-order valence-corrected chi connectivity index (χ3v) is 4.65. The van der Waals surface area contributed by atoms with Crippen molar-refractivity contribution in [3.63, 3.8) is 0 Å². The Balaban J connectivity index is 1.59. The van der Waals surface area contributed by atoms with Crippen molar-refractivity contribution in [1.29, 1.82) is 0 Å². The molecule has 1 aromatic rings. The molecule has 1 aromatic carbocycles. The van der Waals surface area contributed by atoms with Crippen LogP contribution < -0.4 is 10.1 Å². The lowest BCUT2D eigenvalue weighted by molar-refractivity contribution is -0.121. The van der Waals surface area contributed by atoms with E-state index >= 15 is 0 Å². The predicted octanol–water partition coefficient (Wildman–Crippen LogP) is 2.69. The Morgan fingerprint density at radius 3 is 2.31 bits per heavy atom. The molecular weight excluding hydrogens is 370 g/mol. The normalized spacial score (nSPS) is 15.1. The number of carbonyl (C=O) groups is 2. The van der Waals surface area contributed by atoms with Gasteiger partial charge >= 0.3 is 6.09 Å². The standard InChI is InChI=1S/C22H35N3O4/c1-5-28-19-9-6-18(7-10-19)8-11-20(26)23-12-13-24-14-16-25(17-15-24)21(27)29-22(2,3)4/h6-7,9-10H,5,8,11-17H2,1-4H3,(H,23,26). The first-order valence-electron chi connectivity index (χ1n) is 10.5. The number of ether oxygens (including phenoxy) is 2. The molecule has 1 fully saturated rings. The number of hydrogen-bond donors (Lipinski definition) is 1. The zero-order valence-electron chi connectivity index (χ0n) is 18.2. The van der Waals surface area contributed by atoms with Gasteiger partial charge in [-0.25, -0.2) is 4.79 Å². The van der Waals surface area contributed by atoms with Crippen LogP contribution in [-0.4, -0.2) is 73.3 Å². The van der Waals surface area contributed by atoms with Gasteiger partial charge in [-0.1, -0.05) is 12.1 Å². The number of piperazine rings is 1. The molecule has 0 spiro atoms. The lowest BCUT2D eigenvalue weighted by Gasteiger charge is -2.35. The van der Waals surface area contributed by atoms with Crippen molar-refractivity contribution in [1.82, 2.24) is 15.1 Å². The fourth-order valence-corrected chi connectivity index (χ4v) is 3.10. The van der Waals surface area contributed by atoms with Crippen LogP contribution in [0.25, 0.3) is 0 Å². The summed E-state index contributed by atoms with van der Waals surface area (Å²) in [4.78, 5) is 28.2. The van der Waals surface area contributed by atoms with E-state index in [0.717, 1.165) is 30.9 Å². The Kier molecular flexibility index (Phi) is 8.76. The zero-order chi connectivity index (χ0) is 21.3. The predicted molar refractivity (Wildman–Crippen MR) is 113 cm³/mol. The van der Waals surface area contributed by atoms with Crippen molar-refractivity contribution < 1.29 is 19.1 Å². The largest absolute Gasteiger partial charge is 0.494 e. The molecule has 0 aliphatic carbocycles. The Hall–Kier alpha value is -2.28. The van der Waals surface area contributed by atoms with Gasteiger partial charge < -0.3 is 19.7 Å². The van der Waals surface area contributed by atoms with Gasteiger partial charge in [-0.15, -0.1) is 0 Å². The third kappa shape index (κ3) is 8.73. The number of rotatable bonds is 8. The molecule has 0 bridgehead atoms. The van der Waals surface area contributed by atoms with Crippen LogP contribution in [0.4, 0.5) is 4.79 Å². The summed E-state index contributed by atoms with van der Waals surface area (Å²) in [7, 11) is 0. The summed E-state index contributed by atoms with van der Waals surface area (Å²) < 4.78 is 10.8. The van der Waals surface area contributed by atoms with E-state index in [0.29, 0.717) is 39.1 Å². The van der Waals surface area contributed by atoms with Gasteiger partial charge in [0.2, 0.25) is 5.91 Å². The molecule has 0 atom stereocenters. The first-order chi connectivity index (χ1) is 13.8. The second-order valence-corrected chi connectivity index (χ2v) is 8.24. The Bertz CT molecular complexity index is 647. The number of benzene rings is 1. The van der Waals surface area contributed by atoms with Crippen molar-refractivity contribution >= 4 is 12.0 Å². The van der Waals surface area contributed by atoms with Crippen LogP contribution in [0, 0.1) is 0 Å². The first-order valence-corrected chi connectivity index (χ1v) is 10.5. The Morgan fingerprint density at radius 2 is 1.72 bits per heavy atom. The molecule has 0 aromatic heterocycles. The second kappa shape index (κ2) is 11.0. The minimum Gasteiger partial charge on any atom is -0.494 e. The smallest absolute Gasteiger partial charge is 0.410 e. The van der Waals surface area contributed by atoms with Gasteiger partial charge in [0.15, 0.2) is 0 Å². The summed E-state index contributed by atoms with van der Waals surface area (Å²) in [6, 6.07) is 7.88. The van der Waals surface area contributed by atoms with Crippen LogP contribution in [0.15, 0.2) is 24.3 Å². The molecule has 1 heterocycles. The number of nitrogens with zero attached hydrogens (tertiary/aromatic N) is 2. The van der Waals surface area contributed by atoms with Crippen molar-refractivity contribution in [2.24, 2.45) is 0 Å². The van der Waals surface area contributed by atoms with Crippen molar-refractivity contribution in [2.45, 2.75) is 46.1 Å². The van der Waals surface area contributed by atoms with Gasteiger partial charge in [0.1, 0.15) is 11.4 Å². The number of amides is 2. The summed E-state index contributed by atoms with van der Waals surface area (Å²) >= 11 is 0. The van der Waals surface area contributed by atoms with Crippen LogP contribution in [-0.2, 0) is 16.0 Å². The number of hydrogen-bond acceptors (Lipinski definition) is 5. The number of carbonyl (C=O) groups excluding carboxylic acids is 2. The van der Waals surface area contributed by atoms with Gasteiger partial charge in [0.05, 0.1) is 6.61 Å². The lowest BCUT2D eigenvalue weighted by atomic mass is 10.1. The van der Waals surface area contributed by atoms with Crippen LogP contribution in [0.5, 0.6) is 5.75 Å². The Morgan fingerprint density at radius 1 is 1.07 bits per heavy atom. The molecule has 0 saturated carbocycles. The molecule has 1 N–H and O–H groups in total. The quantitative estimate of drug-likeness (QED) is 0.720. The molecule has 0 radical (unpaired) electrons. The number of nitrogens with one attached hydrogen (secondary N) is 1. The molecular formula is C22H35N3O4. The minimum absolute atomic E-state index is 0.0614. The zero-order valence-corrected chi connectivity index (χ0v) is 18.2. The van der Waals surface area contributed by atoms with Crippen LogP contribution in [0.1, 0.15) is 39.7 Å². The average molecular weight is 406 g/mol. The van der Waals surface area contributed by atoms with Crippen molar-refractivity contribution in [3.05, 3.63) is 29.8 Å². The van der Waals surface area contributed by atoms with E-state index in [9.17, 15) is 9.59 Å². The lowest BCUT2D eigenvalue weighted by Crippen LogP contribution is -2.51. The molecule has 7 heteroatoms. The Labute approximate surface area is 174 Å². The van der Waals surface area contributed by atoms with Gasteiger partial charge in [0.25, 0.3) is 0 Å². The first kappa shape index (κ1) is 23.0. The minimum atomic E-state index is -0.468. The van der Waals surface area contributed by atoms with Crippen LogP contribution >= 0.6 is 0 Å². The SMILES string of the molecule is CCOc1ccc(CCC(=O)NCCN2CCN(C(=O)OC(C)(C)C)CC2)cc1. The molecule has 162 valence electrons. The van der Waals surface area contributed by atoms with Gasteiger partial charge in [-0.05, 0) is 51.8 Å². The highest BCUT2D eigenvalue weighted by Crippen LogP contribution is 2.13. The van der Waals surface area contributed by atoms with Crippen LogP contribution in [0.3, 0.4) is 0 Å². The molecule has 1 aliphatic rings. The molecule has 7 nitrogen and oxygen atoms in total. The summed E-state index contributed by atoms with van der Waals surface area (Å²) in [6.45, 7) is 12.5. The van der Waals surface area contributed by atoms with E-state index in [1.165, 1.54) is 0 Å². The number of aryl methyl sites for hydroxylation is 1. The molecule has 1 aliphatic heterocycles. The highest BCUT2D eigenvalue weighted by atomic mass is 16.6. The maximum Gasteiger partial charge on any atom is 0.410 e. The highest BCUT2D eigenvalue weighted by Gasteiger charge is 2.25. The molecule has 1 saturated heterocycles. The molecule has 2 amide bonds. The maximum atomic E-state index is 12.1. The summed E-state index contributed by atoms with van der Waals surface area (Å²) in [5, 5.41) is 2.99. The maximum absolute atomic E-state index is 12.1. The third-order valence-electron chi connectivity index (χ3n) is 4.65. The fraction of sp³-hybridized carbons (Fsp3) is 0.636. The molecule has 29 heavy (non-hydrogen) atoms. The van der Waals surface area contributed by atoms with E-state index in [1.54, 1.807) is 4.90 Å². The topological polar surface area (TPSA) is 71.1 Å². The van der Waals surface area contributed by atoms with Crippen molar-refractivity contribution in [2.75, 3.05) is 45.9 Å². The van der Waals surface area contributed by atoms with Gasteiger partial charge in [-0.3, -0.25) is 9.69 Å².